The summed E-state index contributed by atoms with van der Waals surface area (Å²) in [6.07, 6.45) is 1.75. The number of hydrogen-bond acceptors (Lipinski definition) is 5. The number of ether oxygens (including phenoxy) is 1. The molecular formula is C15H21ClN2O3. The Kier molecular flexibility index (Phi) is 5.31. The summed E-state index contributed by atoms with van der Waals surface area (Å²) < 4.78 is 5.09. The molecular weight excluding hydrogens is 292 g/mol. The molecule has 21 heavy (non-hydrogen) atoms. The first-order chi connectivity index (χ1) is 10.1. The number of esters is 1. The summed E-state index contributed by atoms with van der Waals surface area (Å²) >= 11 is 6.30. The summed E-state index contributed by atoms with van der Waals surface area (Å²) in [7, 11) is 0. The fourth-order valence-corrected chi connectivity index (χ4v) is 2.99. The molecule has 0 amide bonds. The lowest BCUT2D eigenvalue weighted by Crippen LogP contribution is -2.36. The average molecular weight is 313 g/mol. The summed E-state index contributed by atoms with van der Waals surface area (Å²) in [5.74, 6) is -0.0918. The molecule has 2 rings (SSSR count). The van der Waals surface area contributed by atoms with Crippen molar-refractivity contribution in [3.8, 4) is 0 Å². The third-order valence-corrected chi connectivity index (χ3v) is 4.06. The number of rotatable bonds is 4. The van der Waals surface area contributed by atoms with E-state index in [1.807, 2.05) is 0 Å². The molecule has 0 atom stereocenters. The van der Waals surface area contributed by atoms with Crippen LogP contribution >= 0.6 is 11.6 Å². The average Bonchev–Trinajstić information content (AvgIpc) is 2.47. The highest BCUT2D eigenvalue weighted by molar-refractivity contribution is 6.34. The number of carbonyl (C=O) groups is 1. The number of aliphatic hydroxyl groups is 1. The number of anilines is 2. The van der Waals surface area contributed by atoms with Crippen LogP contribution in [0.1, 0.15) is 30.1 Å². The van der Waals surface area contributed by atoms with E-state index in [1.54, 1.807) is 19.1 Å². The van der Waals surface area contributed by atoms with Gasteiger partial charge >= 0.3 is 5.97 Å². The van der Waals surface area contributed by atoms with Gasteiger partial charge in [-0.25, -0.2) is 4.79 Å². The number of aliphatic hydroxyl groups excluding tert-OH is 1. The highest BCUT2D eigenvalue weighted by Crippen LogP contribution is 2.35. The number of piperidine rings is 1. The molecule has 0 unspecified atom stereocenters. The van der Waals surface area contributed by atoms with Gasteiger partial charge in [0, 0.05) is 25.4 Å². The molecule has 1 fully saturated rings. The molecule has 5 nitrogen and oxygen atoms in total. The number of nitrogens with two attached hydrogens (primary N) is 1. The van der Waals surface area contributed by atoms with Crippen LogP contribution in [0, 0.1) is 5.92 Å². The predicted octanol–water partition coefficient (Wildman–Crippen LogP) is 2.31. The Hall–Kier alpha value is -1.46. The summed E-state index contributed by atoms with van der Waals surface area (Å²) in [4.78, 5) is 14.2. The van der Waals surface area contributed by atoms with Gasteiger partial charge in [0.2, 0.25) is 0 Å². The van der Waals surface area contributed by atoms with Gasteiger partial charge in [-0.05, 0) is 37.8 Å². The Labute approximate surface area is 129 Å². The lowest BCUT2D eigenvalue weighted by molar-refractivity contribution is 0.0527. The van der Waals surface area contributed by atoms with Crippen LogP contribution in [-0.4, -0.2) is 37.4 Å². The number of carbonyl (C=O) groups excluding carboxylic acids is 1. The quantitative estimate of drug-likeness (QED) is 0.659. The summed E-state index contributed by atoms with van der Waals surface area (Å²) in [5, 5.41) is 9.68. The third kappa shape index (κ3) is 3.60. The molecule has 0 saturated carbocycles. The molecule has 6 heteroatoms. The smallest absolute Gasteiger partial charge is 0.340 e. The van der Waals surface area contributed by atoms with Crippen molar-refractivity contribution in [1.82, 2.24) is 0 Å². The number of hydrogen-bond donors (Lipinski definition) is 2. The molecule has 1 aliphatic rings. The van der Waals surface area contributed by atoms with Crippen LogP contribution in [0.3, 0.4) is 0 Å². The zero-order valence-corrected chi connectivity index (χ0v) is 12.9. The van der Waals surface area contributed by atoms with Crippen LogP contribution in [0.5, 0.6) is 0 Å². The lowest BCUT2D eigenvalue weighted by atomic mass is 9.96. The molecule has 1 aliphatic heterocycles. The lowest BCUT2D eigenvalue weighted by Gasteiger charge is -2.34. The van der Waals surface area contributed by atoms with Gasteiger partial charge in [-0.2, -0.15) is 0 Å². The second-order valence-electron chi connectivity index (χ2n) is 5.23. The molecule has 3 N–H and O–H groups in total. The van der Waals surface area contributed by atoms with Gasteiger partial charge in [0.1, 0.15) is 0 Å². The van der Waals surface area contributed by atoms with E-state index in [9.17, 15) is 9.90 Å². The minimum atomic E-state index is -0.411. The van der Waals surface area contributed by atoms with E-state index < -0.39 is 5.97 Å². The molecule has 0 aromatic heterocycles. The van der Waals surface area contributed by atoms with Crippen molar-refractivity contribution < 1.29 is 14.6 Å². The maximum atomic E-state index is 12.1. The van der Waals surface area contributed by atoms with Gasteiger partial charge in [-0.15, -0.1) is 0 Å². The monoisotopic (exact) mass is 312 g/mol. The van der Waals surface area contributed by atoms with Crippen LogP contribution in [0.15, 0.2) is 12.1 Å². The van der Waals surface area contributed by atoms with Crippen molar-refractivity contribution in [3.63, 3.8) is 0 Å². The van der Waals surface area contributed by atoms with Crippen molar-refractivity contribution in [2.45, 2.75) is 19.8 Å². The Bertz CT molecular complexity index is 514. The van der Waals surface area contributed by atoms with Gasteiger partial charge in [-0.1, -0.05) is 11.6 Å². The van der Waals surface area contributed by atoms with Crippen molar-refractivity contribution in [2.24, 2.45) is 5.92 Å². The fraction of sp³-hybridized carbons (Fsp3) is 0.533. The zero-order valence-electron chi connectivity index (χ0n) is 12.1. The van der Waals surface area contributed by atoms with E-state index in [0.717, 1.165) is 25.9 Å². The maximum Gasteiger partial charge on any atom is 0.340 e. The van der Waals surface area contributed by atoms with E-state index in [0.29, 0.717) is 34.5 Å². The first kappa shape index (κ1) is 15.9. The van der Waals surface area contributed by atoms with Crippen molar-refractivity contribution in [2.75, 3.05) is 36.9 Å². The van der Waals surface area contributed by atoms with E-state index in [4.69, 9.17) is 22.1 Å². The Balaban J connectivity index is 2.31. The Morgan fingerprint density at radius 1 is 1.48 bits per heavy atom. The summed E-state index contributed by atoms with van der Waals surface area (Å²) in [6, 6.07) is 3.26. The first-order valence-electron chi connectivity index (χ1n) is 7.18. The SMILES string of the molecule is CCOC(=O)c1cc(N)cc(Cl)c1N1CCC(CO)CC1. The molecule has 1 saturated heterocycles. The van der Waals surface area contributed by atoms with Crippen molar-refractivity contribution >= 4 is 28.9 Å². The second-order valence-corrected chi connectivity index (χ2v) is 5.64. The molecule has 0 spiro atoms. The number of halogens is 1. The summed E-state index contributed by atoms with van der Waals surface area (Å²) in [6.45, 7) is 3.77. The topological polar surface area (TPSA) is 75.8 Å². The molecule has 0 aliphatic carbocycles. The first-order valence-corrected chi connectivity index (χ1v) is 7.56. The standard InChI is InChI=1S/C15H21ClN2O3/c1-2-21-15(20)12-7-11(17)8-13(16)14(12)18-5-3-10(9-19)4-6-18/h7-8,10,19H,2-6,9,17H2,1H3. The number of nitrogen functional groups attached to an aromatic ring is 1. The second kappa shape index (κ2) is 7.00. The molecule has 0 bridgehead atoms. The molecule has 1 aromatic rings. The van der Waals surface area contributed by atoms with Gasteiger partial charge in [0.25, 0.3) is 0 Å². The zero-order chi connectivity index (χ0) is 15.4. The van der Waals surface area contributed by atoms with Gasteiger partial charge in [0.15, 0.2) is 0 Å². The Morgan fingerprint density at radius 3 is 2.71 bits per heavy atom. The third-order valence-electron chi connectivity index (χ3n) is 3.77. The normalized spacial score (nSPS) is 16.0. The van der Waals surface area contributed by atoms with Crippen LogP contribution in [0.2, 0.25) is 5.02 Å². The minimum absolute atomic E-state index is 0.202. The van der Waals surface area contributed by atoms with Gasteiger partial charge in [0.05, 0.1) is 22.9 Å². The molecule has 1 aromatic carbocycles. The van der Waals surface area contributed by atoms with Crippen LogP contribution in [0.25, 0.3) is 0 Å². The van der Waals surface area contributed by atoms with Gasteiger partial charge < -0.3 is 20.5 Å². The minimum Gasteiger partial charge on any atom is -0.462 e. The fourth-order valence-electron chi connectivity index (χ4n) is 2.65. The molecule has 116 valence electrons. The van der Waals surface area contributed by atoms with E-state index >= 15 is 0 Å². The molecule has 1 heterocycles. The predicted molar refractivity (Wildman–Crippen MR) is 83.8 cm³/mol. The highest BCUT2D eigenvalue weighted by atomic mass is 35.5. The van der Waals surface area contributed by atoms with Crippen molar-refractivity contribution in [3.05, 3.63) is 22.7 Å². The number of benzene rings is 1. The largest absolute Gasteiger partial charge is 0.462 e. The van der Waals surface area contributed by atoms with Crippen LogP contribution < -0.4 is 10.6 Å². The number of nitrogens with zero attached hydrogens (tertiary/aromatic N) is 1. The maximum absolute atomic E-state index is 12.1. The highest BCUT2D eigenvalue weighted by Gasteiger charge is 2.25. The van der Waals surface area contributed by atoms with E-state index in [2.05, 4.69) is 4.90 Å². The summed E-state index contributed by atoms with van der Waals surface area (Å²) in [5.41, 5.74) is 7.32. The van der Waals surface area contributed by atoms with Crippen LogP contribution in [-0.2, 0) is 4.74 Å². The molecule has 0 radical (unpaired) electrons. The van der Waals surface area contributed by atoms with Crippen molar-refractivity contribution in [1.29, 1.82) is 0 Å². The van der Waals surface area contributed by atoms with Gasteiger partial charge in [-0.3, -0.25) is 0 Å². The Morgan fingerprint density at radius 2 is 2.14 bits per heavy atom. The van der Waals surface area contributed by atoms with E-state index in [-0.39, 0.29) is 6.61 Å². The van der Waals surface area contributed by atoms with Crippen LogP contribution in [0.4, 0.5) is 11.4 Å². The van der Waals surface area contributed by atoms with E-state index in [1.165, 1.54) is 0 Å².